The number of halogens is 3. The zero-order valence-corrected chi connectivity index (χ0v) is 12.1. The summed E-state index contributed by atoms with van der Waals surface area (Å²) in [7, 11) is 0. The highest BCUT2D eigenvalue weighted by atomic mass is 19.4. The van der Waals surface area contributed by atoms with Crippen molar-refractivity contribution in [3.8, 4) is 5.75 Å². The lowest BCUT2D eigenvalue weighted by molar-refractivity contribution is -0.153. The van der Waals surface area contributed by atoms with E-state index in [-0.39, 0.29) is 18.3 Å². The summed E-state index contributed by atoms with van der Waals surface area (Å²) in [5, 5.41) is 9.16. The van der Waals surface area contributed by atoms with Crippen molar-refractivity contribution in [1.82, 2.24) is 4.90 Å². The van der Waals surface area contributed by atoms with E-state index in [0.717, 1.165) is 12.8 Å². The zero-order valence-electron chi connectivity index (χ0n) is 12.1. The maximum atomic E-state index is 12.3. The van der Waals surface area contributed by atoms with Crippen LogP contribution in [-0.4, -0.2) is 40.8 Å². The first-order valence-electron chi connectivity index (χ1n) is 7.04. The highest BCUT2D eigenvalue weighted by Crippen LogP contribution is 2.32. The number of ether oxygens (including phenoxy) is 1. The fourth-order valence-electron chi connectivity index (χ4n) is 2.26. The second-order valence-electron chi connectivity index (χ2n) is 5.43. The first-order valence-corrected chi connectivity index (χ1v) is 7.04. The van der Waals surface area contributed by atoms with Crippen LogP contribution in [0, 0.1) is 0 Å². The number of alkyl halides is 3. The molecule has 0 radical (unpaired) electrons. The predicted octanol–water partition coefficient (Wildman–Crippen LogP) is 3.07. The molecule has 0 aromatic heterocycles. The molecule has 0 amide bonds. The lowest BCUT2D eigenvalue weighted by Gasteiger charge is -2.27. The van der Waals surface area contributed by atoms with Crippen molar-refractivity contribution < 1.29 is 27.8 Å². The third-order valence-electron chi connectivity index (χ3n) is 3.59. The van der Waals surface area contributed by atoms with Crippen LogP contribution in [-0.2, 0) is 11.3 Å². The first kappa shape index (κ1) is 16.6. The Morgan fingerprint density at radius 1 is 1.41 bits per heavy atom. The second-order valence-corrected chi connectivity index (χ2v) is 5.43. The number of carboxylic acids is 1. The maximum Gasteiger partial charge on any atom is 0.422 e. The molecule has 7 heteroatoms. The molecule has 1 aliphatic carbocycles. The third kappa shape index (κ3) is 4.62. The lowest BCUT2D eigenvalue weighted by Crippen LogP contribution is -2.40. The van der Waals surface area contributed by atoms with Crippen LogP contribution in [0.3, 0.4) is 0 Å². The summed E-state index contributed by atoms with van der Waals surface area (Å²) in [5.74, 6) is -0.802. The molecule has 0 bridgehead atoms. The van der Waals surface area contributed by atoms with Gasteiger partial charge >= 0.3 is 12.1 Å². The van der Waals surface area contributed by atoms with Crippen molar-refractivity contribution in [2.24, 2.45) is 0 Å². The van der Waals surface area contributed by atoms with Crippen LogP contribution in [0.4, 0.5) is 13.2 Å². The molecular weight excluding hydrogens is 299 g/mol. The highest BCUT2D eigenvalue weighted by molar-refractivity contribution is 5.73. The monoisotopic (exact) mass is 317 g/mol. The Balaban J connectivity index is 2.12. The van der Waals surface area contributed by atoms with E-state index >= 15 is 0 Å². The summed E-state index contributed by atoms with van der Waals surface area (Å²) in [4.78, 5) is 13.0. The van der Waals surface area contributed by atoms with Gasteiger partial charge in [0.05, 0.1) is 0 Å². The first-order chi connectivity index (χ1) is 10.3. The number of rotatable bonds is 7. The van der Waals surface area contributed by atoms with E-state index in [2.05, 4.69) is 0 Å². The summed E-state index contributed by atoms with van der Waals surface area (Å²) in [6, 6.07) is 5.90. The number of carboxylic acid groups (broad SMARTS) is 1. The van der Waals surface area contributed by atoms with Gasteiger partial charge < -0.3 is 9.84 Å². The molecule has 1 aromatic carbocycles. The normalized spacial score (nSPS) is 16.6. The quantitative estimate of drug-likeness (QED) is 0.840. The van der Waals surface area contributed by atoms with Gasteiger partial charge in [-0.05, 0) is 25.8 Å². The molecule has 1 unspecified atom stereocenters. The van der Waals surface area contributed by atoms with Gasteiger partial charge in [-0.15, -0.1) is 0 Å². The van der Waals surface area contributed by atoms with Crippen LogP contribution in [0.5, 0.6) is 5.75 Å². The zero-order chi connectivity index (χ0) is 16.3. The minimum absolute atomic E-state index is 0.142. The number of benzene rings is 1. The van der Waals surface area contributed by atoms with Crippen molar-refractivity contribution in [3.05, 3.63) is 29.8 Å². The topological polar surface area (TPSA) is 49.8 Å². The highest BCUT2D eigenvalue weighted by Gasteiger charge is 2.35. The maximum absolute atomic E-state index is 12.3. The Kier molecular flexibility index (Phi) is 4.95. The molecular formula is C15H18F3NO3. The van der Waals surface area contributed by atoms with Gasteiger partial charge in [-0.25, -0.2) is 0 Å². The van der Waals surface area contributed by atoms with E-state index in [0.29, 0.717) is 5.56 Å². The molecule has 0 saturated heterocycles. The van der Waals surface area contributed by atoms with Crippen molar-refractivity contribution in [2.75, 3.05) is 6.61 Å². The average molecular weight is 317 g/mol. The lowest BCUT2D eigenvalue weighted by atomic mass is 10.1. The summed E-state index contributed by atoms with van der Waals surface area (Å²) >= 11 is 0. The Bertz CT molecular complexity index is 529. The Morgan fingerprint density at radius 2 is 2.05 bits per heavy atom. The van der Waals surface area contributed by atoms with E-state index in [9.17, 15) is 18.0 Å². The number of carbonyl (C=O) groups is 1. The molecule has 0 spiro atoms. The van der Waals surface area contributed by atoms with Crippen LogP contribution < -0.4 is 4.74 Å². The van der Waals surface area contributed by atoms with Gasteiger partial charge in [0.25, 0.3) is 0 Å². The predicted molar refractivity (Wildman–Crippen MR) is 73.7 cm³/mol. The van der Waals surface area contributed by atoms with Gasteiger partial charge in [-0.1, -0.05) is 18.2 Å². The summed E-state index contributed by atoms with van der Waals surface area (Å²) in [6.45, 7) is 0.480. The van der Waals surface area contributed by atoms with Crippen molar-refractivity contribution in [3.63, 3.8) is 0 Å². The molecule has 0 aliphatic heterocycles. The molecule has 1 N–H and O–H groups in total. The van der Waals surface area contributed by atoms with Gasteiger partial charge in [0.2, 0.25) is 0 Å². The molecule has 2 rings (SSSR count). The van der Waals surface area contributed by atoms with Gasteiger partial charge in [0.15, 0.2) is 6.61 Å². The molecule has 1 fully saturated rings. The van der Waals surface area contributed by atoms with Crippen LogP contribution in [0.1, 0.15) is 25.3 Å². The number of aliphatic carboxylic acids is 1. The average Bonchev–Trinajstić information content (AvgIpc) is 3.26. The molecule has 1 aromatic rings. The third-order valence-corrected chi connectivity index (χ3v) is 3.59. The molecule has 1 aliphatic rings. The fraction of sp³-hybridized carbons (Fsp3) is 0.533. The number of hydrogen-bond acceptors (Lipinski definition) is 3. The van der Waals surface area contributed by atoms with E-state index in [1.54, 1.807) is 30.0 Å². The van der Waals surface area contributed by atoms with Crippen molar-refractivity contribution in [2.45, 2.75) is 44.6 Å². The SMILES string of the molecule is CC(C(=O)O)N(Cc1ccccc1OCC(F)(F)F)C1CC1. The fourth-order valence-corrected chi connectivity index (χ4v) is 2.26. The molecule has 1 atom stereocenters. The van der Waals surface area contributed by atoms with Gasteiger partial charge in [0, 0.05) is 18.2 Å². The largest absolute Gasteiger partial charge is 0.484 e. The summed E-state index contributed by atoms with van der Waals surface area (Å²) in [5.41, 5.74) is 0.562. The number of hydrogen-bond donors (Lipinski definition) is 1. The van der Waals surface area contributed by atoms with Crippen molar-refractivity contribution >= 4 is 5.97 Å². The Hall–Kier alpha value is -1.76. The Morgan fingerprint density at radius 3 is 2.59 bits per heavy atom. The van der Waals surface area contributed by atoms with Crippen LogP contribution >= 0.6 is 0 Å². The molecule has 4 nitrogen and oxygen atoms in total. The number of nitrogens with zero attached hydrogens (tertiary/aromatic N) is 1. The number of para-hydroxylation sites is 1. The minimum atomic E-state index is -4.41. The van der Waals surface area contributed by atoms with Crippen molar-refractivity contribution in [1.29, 1.82) is 0 Å². The minimum Gasteiger partial charge on any atom is -0.484 e. The standard InChI is InChI=1S/C15H18F3NO3/c1-10(14(20)21)19(12-6-7-12)8-11-4-2-3-5-13(11)22-9-15(16,17)18/h2-5,10,12H,6-9H2,1H3,(H,20,21). The molecule has 1 saturated carbocycles. The van der Waals surface area contributed by atoms with E-state index in [1.807, 2.05) is 0 Å². The Labute approximate surface area is 126 Å². The second kappa shape index (κ2) is 6.56. The van der Waals surface area contributed by atoms with Gasteiger partial charge in [0.1, 0.15) is 11.8 Å². The van der Waals surface area contributed by atoms with Gasteiger partial charge in [-0.3, -0.25) is 9.69 Å². The van der Waals surface area contributed by atoms with E-state index in [4.69, 9.17) is 9.84 Å². The molecule has 22 heavy (non-hydrogen) atoms. The van der Waals surface area contributed by atoms with Gasteiger partial charge in [-0.2, -0.15) is 13.2 Å². The van der Waals surface area contributed by atoms with Crippen LogP contribution in [0.2, 0.25) is 0 Å². The summed E-state index contributed by atoms with van der Waals surface area (Å²) < 4.78 is 41.7. The van der Waals surface area contributed by atoms with E-state index < -0.39 is 24.8 Å². The van der Waals surface area contributed by atoms with Crippen LogP contribution in [0.25, 0.3) is 0 Å². The summed E-state index contributed by atoms with van der Waals surface area (Å²) in [6.07, 6.45) is -2.59. The van der Waals surface area contributed by atoms with Crippen LogP contribution in [0.15, 0.2) is 24.3 Å². The molecule has 122 valence electrons. The smallest absolute Gasteiger partial charge is 0.422 e. The van der Waals surface area contributed by atoms with E-state index in [1.165, 1.54) is 6.07 Å². The molecule has 0 heterocycles.